The SMILES string of the molecule is COc1cc(C(=O)N2C[C@H](N)[C@H]3CC[C@@H]2C3)cc2nc(-c3cc4ccc([C@@H](C)NC(=O)C56CCC5C(F)C6)nc4n3CC3CC3)c(C)n12. The molecular weight excluding hydrogens is 609 g/mol. The molecule has 7 atom stereocenters. The van der Waals surface area contributed by atoms with Gasteiger partial charge in [0.15, 0.2) is 5.88 Å². The van der Waals surface area contributed by atoms with E-state index in [0.29, 0.717) is 41.9 Å². The van der Waals surface area contributed by atoms with E-state index in [9.17, 15) is 14.0 Å². The predicted molar refractivity (Wildman–Crippen MR) is 179 cm³/mol. The van der Waals surface area contributed by atoms with Crippen molar-refractivity contribution in [3.05, 3.63) is 47.3 Å². The summed E-state index contributed by atoms with van der Waals surface area (Å²) in [6.07, 6.45) is 6.47. The van der Waals surface area contributed by atoms with Gasteiger partial charge in [0.25, 0.3) is 5.91 Å². The molecule has 4 saturated carbocycles. The number of aryl methyl sites for hydroxylation is 1. The fourth-order valence-corrected chi connectivity index (χ4v) is 9.28. The minimum atomic E-state index is -0.850. The number of hydrogen-bond acceptors (Lipinski definition) is 6. The van der Waals surface area contributed by atoms with Gasteiger partial charge in [0.05, 0.1) is 35.6 Å². The van der Waals surface area contributed by atoms with E-state index >= 15 is 0 Å². The topological polar surface area (TPSA) is 120 Å². The molecule has 2 bridgehead atoms. The second-order valence-electron chi connectivity index (χ2n) is 15.3. The van der Waals surface area contributed by atoms with Crippen LogP contribution in [-0.4, -0.2) is 67.6 Å². The van der Waals surface area contributed by atoms with Gasteiger partial charge in [0.1, 0.15) is 23.2 Å². The van der Waals surface area contributed by atoms with E-state index in [1.54, 1.807) is 7.11 Å². The van der Waals surface area contributed by atoms with Crippen molar-refractivity contribution < 1.29 is 18.7 Å². The average molecular weight is 654 g/mol. The maximum atomic E-state index is 14.0. The van der Waals surface area contributed by atoms with Gasteiger partial charge >= 0.3 is 0 Å². The van der Waals surface area contributed by atoms with Gasteiger partial charge in [0.2, 0.25) is 5.91 Å². The van der Waals surface area contributed by atoms with Gasteiger partial charge in [-0.05, 0) is 101 Å². The Kier molecular flexibility index (Phi) is 6.74. The van der Waals surface area contributed by atoms with Crippen molar-refractivity contribution in [1.82, 2.24) is 29.2 Å². The molecule has 3 N–H and O–H groups in total. The molecule has 3 unspecified atom stereocenters. The number of fused-ring (bicyclic) bond motifs is 5. The third kappa shape index (κ3) is 4.45. The first kappa shape index (κ1) is 30.1. The molecule has 252 valence electrons. The van der Waals surface area contributed by atoms with E-state index in [2.05, 4.69) is 22.0 Å². The summed E-state index contributed by atoms with van der Waals surface area (Å²) in [6, 6.07) is 9.84. The van der Waals surface area contributed by atoms with E-state index in [4.69, 9.17) is 20.4 Å². The highest BCUT2D eigenvalue weighted by Crippen LogP contribution is 2.62. The largest absolute Gasteiger partial charge is 0.482 e. The second kappa shape index (κ2) is 10.8. The number of hydrogen-bond donors (Lipinski definition) is 2. The first-order chi connectivity index (χ1) is 23.1. The van der Waals surface area contributed by atoms with Crippen molar-refractivity contribution in [1.29, 1.82) is 0 Å². The average Bonchev–Trinajstić information content (AvgIpc) is 3.53. The zero-order chi connectivity index (χ0) is 33.1. The molecule has 4 aliphatic carbocycles. The number of pyridine rings is 2. The second-order valence-corrected chi connectivity index (χ2v) is 15.3. The minimum Gasteiger partial charge on any atom is -0.482 e. The Balaban J connectivity index is 1.07. The molecule has 4 aromatic heterocycles. The van der Waals surface area contributed by atoms with E-state index in [1.165, 1.54) is 12.8 Å². The van der Waals surface area contributed by atoms with Crippen LogP contribution in [0.1, 0.15) is 86.1 Å². The first-order valence-electron chi connectivity index (χ1n) is 17.7. The molecule has 10 nitrogen and oxygen atoms in total. The quantitative estimate of drug-likeness (QED) is 0.265. The molecule has 1 saturated heterocycles. The number of rotatable bonds is 8. The van der Waals surface area contributed by atoms with E-state index in [0.717, 1.165) is 72.5 Å². The lowest BCUT2D eigenvalue weighted by molar-refractivity contribution is -0.176. The molecule has 11 heteroatoms. The number of methoxy groups -OCH3 is 1. The van der Waals surface area contributed by atoms with Gasteiger partial charge in [-0.25, -0.2) is 14.4 Å². The van der Waals surface area contributed by atoms with E-state index in [-0.39, 0.29) is 35.9 Å². The lowest BCUT2D eigenvalue weighted by atomic mass is 9.46. The lowest BCUT2D eigenvalue weighted by Gasteiger charge is -2.58. The third-order valence-electron chi connectivity index (χ3n) is 12.5. The van der Waals surface area contributed by atoms with Crippen LogP contribution in [0.25, 0.3) is 28.1 Å². The number of nitrogens with zero attached hydrogens (tertiary/aromatic N) is 5. The van der Waals surface area contributed by atoms with Crippen LogP contribution in [0.3, 0.4) is 0 Å². The summed E-state index contributed by atoms with van der Waals surface area (Å²) in [7, 11) is 1.63. The van der Waals surface area contributed by atoms with Crippen LogP contribution in [-0.2, 0) is 11.3 Å². The van der Waals surface area contributed by atoms with Crippen LogP contribution in [0.5, 0.6) is 5.88 Å². The fourth-order valence-electron chi connectivity index (χ4n) is 9.28. The van der Waals surface area contributed by atoms with Gasteiger partial charge in [-0.2, -0.15) is 0 Å². The van der Waals surface area contributed by atoms with Crippen molar-refractivity contribution in [2.45, 2.75) is 96.1 Å². The number of likely N-dealkylation sites (tertiary alicyclic amines) is 1. The van der Waals surface area contributed by atoms with Gasteiger partial charge < -0.3 is 25.3 Å². The molecule has 1 aliphatic heterocycles. The molecule has 48 heavy (non-hydrogen) atoms. The number of alkyl halides is 1. The molecular formula is C37H44FN7O3. The highest BCUT2D eigenvalue weighted by Gasteiger charge is 2.64. The fraction of sp³-hybridized carbons (Fsp3) is 0.568. The number of aromatic nitrogens is 4. The summed E-state index contributed by atoms with van der Waals surface area (Å²) in [5, 5.41) is 4.16. The highest BCUT2D eigenvalue weighted by molar-refractivity contribution is 5.96. The number of ether oxygens (including phenoxy) is 1. The normalized spacial score (nSPS) is 29.8. The predicted octanol–water partition coefficient (Wildman–Crippen LogP) is 5.35. The van der Waals surface area contributed by atoms with E-state index < -0.39 is 11.6 Å². The molecule has 0 aromatic carbocycles. The Labute approximate surface area is 279 Å². The minimum absolute atomic E-state index is 0.0158. The summed E-state index contributed by atoms with van der Waals surface area (Å²) in [5.74, 6) is 1.46. The van der Waals surface area contributed by atoms with Crippen LogP contribution in [0, 0.1) is 30.1 Å². The van der Waals surface area contributed by atoms with Gasteiger partial charge in [-0.15, -0.1) is 0 Å². The summed E-state index contributed by atoms with van der Waals surface area (Å²) >= 11 is 0. The molecule has 0 radical (unpaired) electrons. The molecule has 9 rings (SSSR count). The van der Waals surface area contributed by atoms with E-state index in [1.807, 2.05) is 41.3 Å². The van der Waals surface area contributed by atoms with Crippen molar-refractivity contribution >= 4 is 28.5 Å². The van der Waals surface area contributed by atoms with Crippen LogP contribution in [0.15, 0.2) is 30.3 Å². The van der Waals surface area contributed by atoms with Crippen LogP contribution in [0.2, 0.25) is 0 Å². The zero-order valence-corrected chi connectivity index (χ0v) is 27.9. The standard InChI is InChI=1S/C37H44FN7O3/c1-19(40-36(47)37-11-10-26(37)27(38)16-37)29-9-7-23-13-30(44(34(23)41-29)17-21-4-5-21)33-20(2)45-31(42-33)14-24(15-32(45)48-3)35(46)43-18-28(39)22-6-8-25(43)12-22/h7,9,13-15,19,21-22,25-28H,4-6,8,10-12,16-18,39H2,1-3H3,(H,40,47)/t19-,22+,25-,26?,27?,28+,37?/m1/s1. The summed E-state index contributed by atoms with van der Waals surface area (Å²) in [6.45, 7) is 5.40. The van der Waals surface area contributed by atoms with Crippen LogP contribution in [0.4, 0.5) is 4.39 Å². The number of halogens is 1. The van der Waals surface area contributed by atoms with Crippen LogP contribution < -0.4 is 15.8 Å². The molecule has 5 heterocycles. The Morgan fingerprint density at radius 2 is 1.98 bits per heavy atom. The monoisotopic (exact) mass is 653 g/mol. The Morgan fingerprint density at radius 3 is 2.69 bits per heavy atom. The summed E-state index contributed by atoms with van der Waals surface area (Å²) < 4.78 is 24.1. The Hall–Kier alpha value is -3.99. The Morgan fingerprint density at radius 1 is 1.15 bits per heavy atom. The number of nitrogens with one attached hydrogen (secondary N) is 1. The number of amides is 2. The molecule has 2 amide bonds. The van der Waals surface area contributed by atoms with Crippen molar-refractivity contribution in [3.8, 4) is 17.3 Å². The summed E-state index contributed by atoms with van der Waals surface area (Å²) in [5.41, 5.74) is 11.5. The first-order valence-corrected chi connectivity index (χ1v) is 17.7. The highest BCUT2D eigenvalue weighted by atomic mass is 19.1. The smallest absolute Gasteiger partial charge is 0.254 e. The van der Waals surface area contributed by atoms with Crippen molar-refractivity contribution in [2.24, 2.45) is 28.9 Å². The number of piperidine rings is 1. The van der Waals surface area contributed by atoms with Crippen LogP contribution >= 0.6 is 0 Å². The maximum absolute atomic E-state index is 14.0. The summed E-state index contributed by atoms with van der Waals surface area (Å²) in [4.78, 5) is 39.3. The maximum Gasteiger partial charge on any atom is 0.254 e. The van der Waals surface area contributed by atoms with Gasteiger partial charge in [-0.3, -0.25) is 14.0 Å². The third-order valence-corrected chi connectivity index (χ3v) is 12.5. The zero-order valence-electron chi connectivity index (χ0n) is 27.9. The molecule has 5 fully saturated rings. The number of imidazole rings is 1. The number of nitrogens with two attached hydrogens (primary N) is 1. The number of carbonyl (C=O) groups excluding carboxylic acids is 2. The molecule has 0 spiro atoms. The molecule has 5 aliphatic rings. The lowest BCUT2D eigenvalue weighted by Crippen LogP contribution is -2.64. The van der Waals surface area contributed by atoms with Gasteiger partial charge in [-0.1, -0.05) is 0 Å². The van der Waals surface area contributed by atoms with Crippen molar-refractivity contribution in [2.75, 3.05) is 13.7 Å². The van der Waals surface area contributed by atoms with Gasteiger partial charge in [0, 0.05) is 48.1 Å². The van der Waals surface area contributed by atoms with Crippen molar-refractivity contribution in [3.63, 3.8) is 0 Å². The molecule has 4 aromatic rings. The Bertz CT molecular complexity index is 1980. The number of carbonyl (C=O) groups is 2.